The first-order chi connectivity index (χ1) is 5.81. The first-order valence-electron chi connectivity index (χ1n) is 3.80. The van der Waals surface area contributed by atoms with Gasteiger partial charge in [0.2, 0.25) is 0 Å². The molecule has 0 amide bonds. The van der Waals surface area contributed by atoms with E-state index in [-0.39, 0.29) is 9.56 Å². The van der Waals surface area contributed by atoms with E-state index in [0.29, 0.717) is 0 Å². The molecule has 0 aromatic rings. The first-order valence-corrected chi connectivity index (χ1v) is 5.32. The van der Waals surface area contributed by atoms with E-state index in [2.05, 4.69) is 6.92 Å². The van der Waals surface area contributed by atoms with Crippen molar-refractivity contribution in [2.24, 2.45) is 0 Å². The van der Waals surface area contributed by atoms with Gasteiger partial charge in [-0.15, -0.1) is 0 Å². The summed E-state index contributed by atoms with van der Waals surface area (Å²) in [6, 6.07) is 2.00. The zero-order chi connectivity index (χ0) is 9.23. The summed E-state index contributed by atoms with van der Waals surface area (Å²) in [4.78, 5) is 0. The van der Waals surface area contributed by atoms with Gasteiger partial charge in [-0.1, -0.05) is 0 Å². The third-order valence-corrected chi connectivity index (χ3v) is 2.32. The second kappa shape index (κ2) is 9.89. The summed E-state index contributed by atoms with van der Waals surface area (Å²) in [5, 5.41) is 0. The van der Waals surface area contributed by atoms with E-state index < -0.39 is 0 Å². The minimum absolute atomic E-state index is 0.0726. The van der Waals surface area contributed by atoms with Gasteiger partial charge >= 0.3 is 82.7 Å². The zero-order valence-electron chi connectivity index (χ0n) is 7.31. The Morgan fingerprint density at radius 3 is 2.25 bits per heavy atom. The van der Waals surface area contributed by atoms with E-state index in [1.807, 2.05) is 32.8 Å². The maximum absolute atomic E-state index is 5.68. The van der Waals surface area contributed by atoms with Crippen molar-refractivity contribution < 1.29 is 0 Å². The molecular formula is C2H5B9S. The van der Waals surface area contributed by atoms with Gasteiger partial charge in [-0.2, -0.15) is 0 Å². The molecule has 0 fully saturated rings. The number of hydrogen-bond donors (Lipinski definition) is 0. The van der Waals surface area contributed by atoms with Crippen LogP contribution in [-0.4, -0.2) is 66.2 Å². The second-order valence-corrected chi connectivity index (χ2v) is 3.84. The van der Waals surface area contributed by atoms with Crippen LogP contribution in [0.15, 0.2) is 0 Å². The molecule has 0 aliphatic rings. The van der Waals surface area contributed by atoms with E-state index >= 15 is 0 Å². The van der Waals surface area contributed by atoms with Gasteiger partial charge in [-0.25, -0.2) is 0 Å². The molecule has 2 radical (unpaired) electrons. The van der Waals surface area contributed by atoms with Crippen molar-refractivity contribution >= 4 is 70.0 Å². The van der Waals surface area contributed by atoms with Crippen LogP contribution in [0.3, 0.4) is 0 Å². The van der Waals surface area contributed by atoms with E-state index in [1.165, 1.54) is 6.69 Å². The fourth-order valence-corrected chi connectivity index (χ4v) is 0.984. The van der Waals surface area contributed by atoms with Gasteiger partial charge in [-0.05, 0) is 0 Å². The number of rotatable bonds is 3. The van der Waals surface area contributed by atoms with Crippen molar-refractivity contribution in [1.82, 2.24) is 0 Å². The molecule has 0 atom stereocenters. The average molecular weight is 158 g/mol. The van der Waals surface area contributed by atoms with Gasteiger partial charge in [0, 0.05) is 0 Å². The normalized spacial score (nSPS) is 9.42. The van der Waals surface area contributed by atoms with Gasteiger partial charge in [0.15, 0.2) is 0 Å². The van der Waals surface area contributed by atoms with Crippen molar-refractivity contribution in [3.05, 3.63) is 0 Å². The van der Waals surface area contributed by atoms with Crippen molar-refractivity contribution in [2.75, 3.05) is 5.75 Å². The fourth-order valence-electron chi connectivity index (χ4n) is 0.499. The van der Waals surface area contributed by atoms with Crippen LogP contribution in [0, 0.1) is 0 Å². The Bertz CT molecular complexity index is 304. The topological polar surface area (TPSA) is 0 Å². The molecule has 0 saturated carbocycles. The summed E-state index contributed by atoms with van der Waals surface area (Å²) in [6.07, 6.45) is 0. The molecule has 0 aliphatic carbocycles. The first kappa shape index (κ1) is 12.8. The molecule has 0 nitrogen and oxygen atoms in total. The molecule has 0 aromatic heterocycles. The average Bonchev–Trinajstić information content (AvgIpc) is 2.10. The van der Waals surface area contributed by atoms with Crippen LogP contribution in [0.4, 0.5) is 0 Å². The molecule has 0 N–H and O–H groups in total. The van der Waals surface area contributed by atoms with Crippen LogP contribution in [0.2, 0.25) is 0 Å². The monoisotopic (exact) mass is 160 g/mol. The van der Waals surface area contributed by atoms with Gasteiger partial charge in [-0.3, -0.25) is 0 Å². The van der Waals surface area contributed by atoms with Gasteiger partial charge < -0.3 is 0 Å². The molecule has 0 aliphatic heterocycles. The SMILES string of the molecule is [B]B=BB=BB=BB=S(#B)CC. The Hall–Kier alpha value is 0.804. The molecule has 0 heterocycles. The quantitative estimate of drug-likeness (QED) is 0.408. The summed E-state index contributed by atoms with van der Waals surface area (Å²) in [7, 11) is 5.06. The fraction of sp³-hybridized carbons (Fsp3) is 1.00. The van der Waals surface area contributed by atoms with Crippen LogP contribution in [0.25, 0.3) is 0 Å². The van der Waals surface area contributed by atoms with Crippen molar-refractivity contribution in [2.45, 2.75) is 6.92 Å². The molecule has 10 heteroatoms. The third-order valence-electron chi connectivity index (χ3n) is 1.14. The third kappa shape index (κ3) is 8.90. The predicted molar refractivity (Wildman–Crippen MR) is 69.9 cm³/mol. The standard InChI is InChI=1S/C2H5B9S/c1-2-12(4)11-10-9-8-7-6-5-3/h2H2,1H3. The molecule has 0 aromatic carbocycles. The van der Waals surface area contributed by atoms with Crippen LogP contribution >= 0.6 is 9.56 Å². The Labute approximate surface area is 82.8 Å². The summed E-state index contributed by atoms with van der Waals surface area (Å²) >= 11 is 0. The Kier molecular flexibility index (Phi) is 10.6. The van der Waals surface area contributed by atoms with Crippen LogP contribution < -0.4 is 0 Å². The van der Waals surface area contributed by atoms with Gasteiger partial charge in [0.05, 0.1) is 0 Å². The van der Waals surface area contributed by atoms with E-state index in [9.17, 15) is 0 Å². The molecular weight excluding hydrogens is 153 g/mol. The molecule has 0 bridgehead atoms. The van der Waals surface area contributed by atoms with Crippen molar-refractivity contribution in [3.8, 4) is 0 Å². The van der Waals surface area contributed by atoms with Gasteiger partial charge in [0.25, 0.3) is 0 Å². The van der Waals surface area contributed by atoms with Crippen molar-refractivity contribution in [1.29, 1.82) is 0 Å². The van der Waals surface area contributed by atoms with E-state index in [1.54, 1.807) is 6.69 Å². The zero-order valence-corrected chi connectivity index (χ0v) is 8.13. The molecule has 0 spiro atoms. The molecule has 46 valence electrons. The minimum atomic E-state index is -0.0726. The predicted octanol–water partition coefficient (Wildman–Crippen LogP) is -2.22. The summed E-state index contributed by atoms with van der Waals surface area (Å²) in [6.45, 7) is 18.7. The molecule has 0 rings (SSSR count). The Morgan fingerprint density at radius 2 is 1.67 bits per heavy atom. The van der Waals surface area contributed by atoms with Crippen LogP contribution in [0.5, 0.6) is 0 Å². The van der Waals surface area contributed by atoms with Crippen LogP contribution in [0.1, 0.15) is 6.92 Å². The van der Waals surface area contributed by atoms with Crippen LogP contribution in [-0.2, 0) is 0 Å². The summed E-state index contributed by atoms with van der Waals surface area (Å²) < 4.78 is 0. The second-order valence-electron chi connectivity index (χ2n) is 2.05. The summed E-state index contributed by atoms with van der Waals surface area (Å²) in [5.41, 5.74) is 0. The summed E-state index contributed by atoms with van der Waals surface area (Å²) in [5.74, 6) is 0.997. The molecule has 0 unspecified atom stereocenters. The molecule has 0 saturated heterocycles. The molecule has 12 heavy (non-hydrogen) atoms. The Balaban J connectivity index is 3.88. The van der Waals surface area contributed by atoms with E-state index in [4.69, 9.17) is 14.3 Å². The Morgan fingerprint density at radius 1 is 1.08 bits per heavy atom. The number of hydrogen-bond acceptors (Lipinski definition) is 0. The van der Waals surface area contributed by atoms with Crippen molar-refractivity contribution in [3.63, 3.8) is 0 Å². The maximum atomic E-state index is 5.68. The van der Waals surface area contributed by atoms with Gasteiger partial charge in [0.1, 0.15) is 0 Å². The van der Waals surface area contributed by atoms with E-state index in [0.717, 1.165) is 5.75 Å².